The fourth-order valence-electron chi connectivity index (χ4n) is 3.17. The smallest absolute Gasteiger partial charge is 0.190 e. The molecule has 0 unspecified atom stereocenters. The Hall–Kier alpha value is -3.13. The summed E-state index contributed by atoms with van der Waals surface area (Å²) in [6.07, 6.45) is 0. The molecule has 0 bridgehead atoms. The molecule has 2 heteroatoms. The lowest BCUT2D eigenvalue weighted by atomic mass is 10.1. The van der Waals surface area contributed by atoms with E-state index in [4.69, 9.17) is 0 Å². The highest BCUT2D eigenvalue weighted by Crippen LogP contribution is 2.28. The zero-order chi connectivity index (χ0) is 16.5. The first-order valence-corrected chi connectivity index (χ1v) is 8.02. The van der Waals surface area contributed by atoms with Crippen molar-refractivity contribution in [2.24, 2.45) is 0 Å². The van der Waals surface area contributed by atoms with E-state index in [0.717, 1.165) is 27.8 Å². The average Bonchev–Trinajstić information content (AvgIpc) is 2.63. The maximum absolute atomic E-state index is 12.6. The van der Waals surface area contributed by atoms with Crippen LogP contribution >= 0.6 is 0 Å². The van der Waals surface area contributed by atoms with Crippen molar-refractivity contribution < 1.29 is 0 Å². The number of benzene rings is 3. The third-order valence-corrected chi connectivity index (χ3v) is 4.35. The zero-order valence-corrected chi connectivity index (χ0v) is 13.4. The Morgan fingerprint density at radius 2 is 1.42 bits per heavy atom. The number of fused-ring (bicyclic) bond motifs is 1. The molecule has 0 aliphatic heterocycles. The van der Waals surface area contributed by atoms with E-state index in [0.29, 0.717) is 0 Å². The van der Waals surface area contributed by atoms with E-state index in [1.54, 1.807) is 6.07 Å². The molecular formula is C22H17NO. The minimum Gasteiger partial charge on any atom is -0.309 e. The van der Waals surface area contributed by atoms with E-state index in [1.165, 1.54) is 5.56 Å². The Morgan fingerprint density at radius 3 is 2.21 bits per heavy atom. The normalized spacial score (nSPS) is 10.9. The van der Waals surface area contributed by atoms with Crippen LogP contribution in [0.5, 0.6) is 0 Å². The Balaban J connectivity index is 2.19. The van der Waals surface area contributed by atoms with Crippen LogP contribution in [-0.2, 0) is 0 Å². The maximum atomic E-state index is 12.6. The van der Waals surface area contributed by atoms with Crippen molar-refractivity contribution in [1.82, 2.24) is 4.57 Å². The van der Waals surface area contributed by atoms with E-state index >= 15 is 0 Å². The van der Waals surface area contributed by atoms with Gasteiger partial charge in [-0.2, -0.15) is 0 Å². The number of hydrogen-bond acceptors (Lipinski definition) is 1. The van der Waals surface area contributed by atoms with Crippen molar-refractivity contribution in [2.75, 3.05) is 0 Å². The predicted molar refractivity (Wildman–Crippen MR) is 99.7 cm³/mol. The summed E-state index contributed by atoms with van der Waals surface area (Å²) in [5.41, 5.74) is 5.18. The first-order chi connectivity index (χ1) is 11.8. The molecule has 0 aliphatic rings. The van der Waals surface area contributed by atoms with E-state index in [9.17, 15) is 4.79 Å². The van der Waals surface area contributed by atoms with Gasteiger partial charge in [0, 0.05) is 17.1 Å². The summed E-state index contributed by atoms with van der Waals surface area (Å²) in [6.45, 7) is 2.09. The molecule has 0 fully saturated rings. The van der Waals surface area contributed by atoms with Gasteiger partial charge in [0.05, 0.1) is 11.2 Å². The minimum absolute atomic E-state index is 0.0503. The summed E-state index contributed by atoms with van der Waals surface area (Å²) in [7, 11) is 0. The van der Waals surface area contributed by atoms with Gasteiger partial charge in [0.25, 0.3) is 0 Å². The van der Waals surface area contributed by atoms with Crippen LogP contribution in [-0.4, -0.2) is 4.57 Å². The summed E-state index contributed by atoms with van der Waals surface area (Å²) in [5.74, 6) is 0. The van der Waals surface area contributed by atoms with Crippen LogP contribution in [0.15, 0.2) is 89.7 Å². The summed E-state index contributed by atoms with van der Waals surface area (Å²) in [5, 5.41) is 0.737. The van der Waals surface area contributed by atoms with Crippen molar-refractivity contribution >= 4 is 10.9 Å². The van der Waals surface area contributed by atoms with Crippen LogP contribution in [0.3, 0.4) is 0 Å². The van der Waals surface area contributed by atoms with Crippen LogP contribution in [0.2, 0.25) is 0 Å². The molecule has 0 radical (unpaired) electrons. The average molecular weight is 311 g/mol. The molecule has 2 nitrogen and oxygen atoms in total. The SMILES string of the molecule is Cc1ccccc1-n1c(-c2ccccc2)cc(=O)c2ccccc21. The summed E-state index contributed by atoms with van der Waals surface area (Å²) < 4.78 is 2.18. The zero-order valence-electron chi connectivity index (χ0n) is 13.4. The Labute approximate surface area is 140 Å². The van der Waals surface area contributed by atoms with Crippen LogP contribution in [0, 0.1) is 6.92 Å². The van der Waals surface area contributed by atoms with Gasteiger partial charge in [-0.05, 0) is 36.2 Å². The molecular weight excluding hydrogens is 294 g/mol. The largest absolute Gasteiger partial charge is 0.309 e. The molecule has 0 saturated heterocycles. The van der Waals surface area contributed by atoms with Gasteiger partial charge >= 0.3 is 0 Å². The summed E-state index contributed by atoms with van der Waals surface area (Å²) in [6, 6.07) is 27.8. The molecule has 1 aromatic heterocycles. The van der Waals surface area contributed by atoms with Crippen LogP contribution in [0.25, 0.3) is 27.8 Å². The third kappa shape index (κ3) is 2.33. The first kappa shape index (κ1) is 14.5. The van der Waals surface area contributed by atoms with Gasteiger partial charge in [0.15, 0.2) is 5.43 Å². The van der Waals surface area contributed by atoms with E-state index in [1.807, 2.05) is 66.7 Å². The fraction of sp³-hybridized carbons (Fsp3) is 0.0455. The molecule has 1 heterocycles. The van der Waals surface area contributed by atoms with Gasteiger partial charge in [-0.15, -0.1) is 0 Å². The lowest BCUT2D eigenvalue weighted by Gasteiger charge is -2.19. The highest BCUT2D eigenvalue weighted by molar-refractivity contribution is 5.85. The topological polar surface area (TPSA) is 22.0 Å². The summed E-state index contributed by atoms with van der Waals surface area (Å²) >= 11 is 0. The molecule has 0 spiro atoms. The molecule has 0 saturated carbocycles. The number of para-hydroxylation sites is 2. The van der Waals surface area contributed by atoms with Crippen molar-refractivity contribution in [1.29, 1.82) is 0 Å². The van der Waals surface area contributed by atoms with Gasteiger partial charge in [0.1, 0.15) is 0 Å². The second-order valence-corrected chi connectivity index (χ2v) is 5.90. The van der Waals surface area contributed by atoms with E-state index in [-0.39, 0.29) is 5.43 Å². The van der Waals surface area contributed by atoms with Crippen molar-refractivity contribution in [3.8, 4) is 16.9 Å². The molecule has 0 N–H and O–H groups in total. The molecule has 24 heavy (non-hydrogen) atoms. The molecule has 0 amide bonds. The van der Waals surface area contributed by atoms with Gasteiger partial charge in [-0.1, -0.05) is 60.7 Å². The van der Waals surface area contributed by atoms with E-state index < -0.39 is 0 Å². The maximum Gasteiger partial charge on any atom is 0.190 e. The lowest BCUT2D eigenvalue weighted by molar-refractivity contribution is 1.09. The molecule has 0 atom stereocenters. The van der Waals surface area contributed by atoms with Crippen molar-refractivity contribution in [3.05, 3.63) is 101 Å². The fourth-order valence-corrected chi connectivity index (χ4v) is 3.17. The van der Waals surface area contributed by atoms with Crippen LogP contribution in [0.1, 0.15) is 5.56 Å². The van der Waals surface area contributed by atoms with Gasteiger partial charge in [-0.3, -0.25) is 4.79 Å². The monoisotopic (exact) mass is 311 g/mol. The standard InChI is InChI=1S/C22H17NO/c1-16-9-5-7-13-19(16)23-20-14-8-6-12-18(20)22(24)15-21(23)17-10-3-2-4-11-17/h2-15H,1H3. The number of aryl methyl sites for hydroxylation is 1. The van der Waals surface area contributed by atoms with Crippen LogP contribution < -0.4 is 5.43 Å². The first-order valence-electron chi connectivity index (χ1n) is 8.02. The predicted octanol–water partition coefficient (Wildman–Crippen LogP) is 4.97. The number of pyridine rings is 1. The Morgan fingerprint density at radius 1 is 0.750 bits per heavy atom. The highest BCUT2D eigenvalue weighted by atomic mass is 16.1. The molecule has 116 valence electrons. The molecule has 4 aromatic rings. The second-order valence-electron chi connectivity index (χ2n) is 5.90. The lowest BCUT2D eigenvalue weighted by Crippen LogP contribution is -2.11. The highest BCUT2D eigenvalue weighted by Gasteiger charge is 2.13. The molecule has 0 aliphatic carbocycles. The molecule has 4 rings (SSSR count). The van der Waals surface area contributed by atoms with Crippen LogP contribution in [0.4, 0.5) is 0 Å². The Kier molecular flexibility index (Phi) is 3.51. The minimum atomic E-state index is 0.0503. The number of nitrogens with zero attached hydrogens (tertiary/aromatic N) is 1. The number of hydrogen-bond donors (Lipinski definition) is 0. The second kappa shape index (κ2) is 5.82. The summed E-state index contributed by atoms with van der Waals surface area (Å²) in [4.78, 5) is 12.6. The molecule has 3 aromatic carbocycles. The van der Waals surface area contributed by atoms with Gasteiger partial charge in [-0.25, -0.2) is 0 Å². The number of rotatable bonds is 2. The number of aromatic nitrogens is 1. The van der Waals surface area contributed by atoms with Crippen molar-refractivity contribution in [3.63, 3.8) is 0 Å². The third-order valence-electron chi connectivity index (χ3n) is 4.35. The van der Waals surface area contributed by atoms with Crippen molar-refractivity contribution in [2.45, 2.75) is 6.92 Å². The van der Waals surface area contributed by atoms with E-state index in [2.05, 4.69) is 23.6 Å². The Bertz CT molecular complexity index is 1080. The quantitative estimate of drug-likeness (QED) is 0.512. The van der Waals surface area contributed by atoms with Gasteiger partial charge in [0.2, 0.25) is 0 Å². The van der Waals surface area contributed by atoms with Gasteiger partial charge < -0.3 is 4.57 Å².